The van der Waals surface area contributed by atoms with Crippen LogP contribution in [-0.2, 0) is 9.59 Å². The van der Waals surface area contributed by atoms with E-state index >= 15 is 0 Å². The number of carboxylic acid groups (broad SMARTS) is 1. The zero-order valence-corrected chi connectivity index (χ0v) is 9.72. The van der Waals surface area contributed by atoms with Crippen LogP contribution in [0.1, 0.15) is 31.4 Å². The van der Waals surface area contributed by atoms with Crippen LogP contribution in [0.4, 0.5) is 0 Å². The molecule has 1 heterocycles. The lowest BCUT2D eigenvalue weighted by atomic mass is 10.0. The first-order valence-corrected chi connectivity index (χ1v) is 5.55. The molecule has 1 aromatic heterocycles. The summed E-state index contributed by atoms with van der Waals surface area (Å²) in [6, 6.07) is 5.04. The third kappa shape index (κ3) is 4.22. The van der Waals surface area contributed by atoms with Gasteiger partial charge >= 0.3 is 5.97 Å². The van der Waals surface area contributed by atoms with Crippen LogP contribution in [0, 0.1) is 0 Å². The van der Waals surface area contributed by atoms with Crippen LogP contribution in [0.2, 0.25) is 0 Å². The van der Waals surface area contributed by atoms with E-state index in [0.717, 1.165) is 6.42 Å². The van der Waals surface area contributed by atoms with E-state index in [9.17, 15) is 9.59 Å². The number of aliphatic carboxylic acids is 1. The van der Waals surface area contributed by atoms with Crippen molar-refractivity contribution in [1.29, 1.82) is 0 Å². The summed E-state index contributed by atoms with van der Waals surface area (Å²) in [4.78, 5) is 26.5. The van der Waals surface area contributed by atoms with E-state index in [1.807, 2.05) is 6.92 Å². The molecule has 0 saturated heterocycles. The first-order chi connectivity index (χ1) is 8.15. The Morgan fingerprint density at radius 3 is 2.76 bits per heavy atom. The molecule has 1 unspecified atom stereocenters. The first kappa shape index (κ1) is 13.2. The second kappa shape index (κ2) is 6.62. The maximum Gasteiger partial charge on any atom is 0.313 e. The number of carbonyl (C=O) groups excluding carboxylic acids is 1. The van der Waals surface area contributed by atoms with Crippen LogP contribution in [0.5, 0.6) is 0 Å². The smallest absolute Gasteiger partial charge is 0.313 e. The molecule has 0 radical (unpaired) electrons. The molecule has 17 heavy (non-hydrogen) atoms. The minimum absolute atomic E-state index is 0.0770. The van der Waals surface area contributed by atoms with Crippen LogP contribution in [0.25, 0.3) is 0 Å². The van der Waals surface area contributed by atoms with Crippen LogP contribution in [0.15, 0.2) is 24.4 Å². The average Bonchev–Trinajstić information content (AvgIpc) is 2.34. The normalized spacial score (nSPS) is 11.8. The maximum absolute atomic E-state index is 11.5. The summed E-state index contributed by atoms with van der Waals surface area (Å²) in [5, 5.41) is 11.7. The number of carbonyl (C=O) groups is 2. The van der Waals surface area contributed by atoms with E-state index < -0.39 is 11.9 Å². The summed E-state index contributed by atoms with van der Waals surface area (Å²) in [5.41, 5.74) is 0.409. The van der Waals surface area contributed by atoms with Crippen molar-refractivity contribution in [3.05, 3.63) is 30.1 Å². The third-order valence-corrected chi connectivity index (χ3v) is 2.30. The van der Waals surface area contributed by atoms with Gasteiger partial charge in [0.15, 0.2) is 0 Å². The summed E-state index contributed by atoms with van der Waals surface area (Å²) in [6.07, 6.45) is 2.27. The summed E-state index contributed by atoms with van der Waals surface area (Å²) < 4.78 is 0. The highest BCUT2D eigenvalue weighted by Crippen LogP contribution is 2.17. The molecule has 5 nitrogen and oxygen atoms in total. The lowest BCUT2D eigenvalue weighted by Crippen LogP contribution is -2.28. The van der Waals surface area contributed by atoms with Crippen LogP contribution in [-0.4, -0.2) is 28.5 Å². The maximum atomic E-state index is 11.5. The lowest BCUT2D eigenvalue weighted by molar-refractivity contribution is -0.141. The van der Waals surface area contributed by atoms with Gasteiger partial charge in [0.2, 0.25) is 5.91 Å². The molecule has 0 aromatic carbocycles. The zero-order valence-electron chi connectivity index (χ0n) is 9.72. The topological polar surface area (TPSA) is 79.3 Å². The Morgan fingerprint density at radius 1 is 1.47 bits per heavy atom. The number of hydrogen-bond acceptors (Lipinski definition) is 3. The number of nitrogens with zero attached hydrogens (tertiary/aromatic N) is 1. The average molecular weight is 236 g/mol. The van der Waals surface area contributed by atoms with Gasteiger partial charge in [-0.05, 0) is 18.6 Å². The van der Waals surface area contributed by atoms with Crippen LogP contribution in [0.3, 0.4) is 0 Å². The van der Waals surface area contributed by atoms with Gasteiger partial charge < -0.3 is 10.4 Å². The molecule has 0 bridgehead atoms. The molecular weight excluding hydrogens is 220 g/mol. The van der Waals surface area contributed by atoms with Crippen molar-refractivity contribution < 1.29 is 14.7 Å². The molecule has 2 N–H and O–H groups in total. The van der Waals surface area contributed by atoms with Gasteiger partial charge in [-0.15, -0.1) is 0 Å². The Balaban J connectivity index is 2.68. The Labute approximate surface area is 99.9 Å². The fourth-order valence-corrected chi connectivity index (χ4v) is 1.42. The minimum Gasteiger partial charge on any atom is -0.481 e. The molecule has 0 aliphatic carbocycles. The van der Waals surface area contributed by atoms with E-state index in [0.29, 0.717) is 12.2 Å². The number of carboxylic acids is 1. The highest BCUT2D eigenvalue weighted by molar-refractivity contribution is 5.85. The van der Waals surface area contributed by atoms with Gasteiger partial charge in [-0.1, -0.05) is 13.0 Å². The van der Waals surface area contributed by atoms with Crippen molar-refractivity contribution in [1.82, 2.24) is 10.3 Å². The summed E-state index contributed by atoms with van der Waals surface area (Å²) in [6.45, 7) is 2.50. The molecule has 0 fully saturated rings. The van der Waals surface area contributed by atoms with E-state index in [1.165, 1.54) is 6.20 Å². The van der Waals surface area contributed by atoms with E-state index in [1.54, 1.807) is 18.2 Å². The number of nitrogens with one attached hydrogen (secondary N) is 1. The van der Waals surface area contributed by atoms with Crippen molar-refractivity contribution in [2.24, 2.45) is 0 Å². The standard InChI is InChI=1S/C12H16N2O3/c1-2-6-14-11(15)8-9(12(16)17)10-5-3-4-7-13-10/h3-5,7,9H,2,6,8H2,1H3,(H,14,15)(H,16,17). The molecule has 1 aromatic rings. The molecule has 1 amide bonds. The van der Waals surface area contributed by atoms with Crippen molar-refractivity contribution >= 4 is 11.9 Å². The van der Waals surface area contributed by atoms with Gasteiger partial charge in [-0.25, -0.2) is 0 Å². The highest BCUT2D eigenvalue weighted by Gasteiger charge is 2.23. The van der Waals surface area contributed by atoms with Crippen molar-refractivity contribution in [2.75, 3.05) is 6.54 Å². The SMILES string of the molecule is CCCNC(=O)CC(C(=O)O)c1ccccn1. The van der Waals surface area contributed by atoms with Crippen molar-refractivity contribution in [3.8, 4) is 0 Å². The molecule has 0 aliphatic heterocycles. The first-order valence-electron chi connectivity index (χ1n) is 5.55. The highest BCUT2D eigenvalue weighted by atomic mass is 16.4. The molecule has 5 heteroatoms. The van der Waals surface area contributed by atoms with Gasteiger partial charge in [0.1, 0.15) is 5.92 Å². The van der Waals surface area contributed by atoms with Crippen LogP contribution >= 0.6 is 0 Å². The number of amides is 1. The summed E-state index contributed by atoms with van der Waals surface area (Å²) in [7, 11) is 0. The van der Waals surface area contributed by atoms with E-state index in [2.05, 4.69) is 10.3 Å². The van der Waals surface area contributed by atoms with Gasteiger partial charge in [-0.2, -0.15) is 0 Å². The Bertz CT molecular complexity index is 379. The Morgan fingerprint density at radius 2 is 2.24 bits per heavy atom. The predicted octanol–water partition coefficient (Wildman–Crippen LogP) is 1.17. The monoisotopic (exact) mass is 236 g/mol. The molecular formula is C12H16N2O3. The second-order valence-electron chi connectivity index (χ2n) is 3.70. The Hall–Kier alpha value is -1.91. The number of rotatable bonds is 6. The van der Waals surface area contributed by atoms with Gasteiger partial charge in [-0.3, -0.25) is 14.6 Å². The summed E-state index contributed by atoms with van der Waals surface area (Å²) in [5.74, 6) is -2.17. The van der Waals surface area contributed by atoms with Gasteiger partial charge in [0.25, 0.3) is 0 Å². The molecule has 0 saturated carbocycles. The molecule has 92 valence electrons. The van der Waals surface area contributed by atoms with Gasteiger partial charge in [0, 0.05) is 19.2 Å². The number of pyridine rings is 1. The van der Waals surface area contributed by atoms with E-state index in [4.69, 9.17) is 5.11 Å². The summed E-state index contributed by atoms with van der Waals surface area (Å²) >= 11 is 0. The van der Waals surface area contributed by atoms with Crippen LogP contribution < -0.4 is 5.32 Å². The Kier molecular flexibility index (Phi) is 5.13. The number of hydrogen-bond donors (Lipinski definition) is 2. The second-order valence-corrected chi connectivity index (χ2v) is 3.70. The van der Waals surface area contributed by atoms with E-state index in [-0.39, 0.29) is 12.3 Å². The van der Waals surface area contributed by atoms with Crippen molar-refractivity contribution in [3.63, 3.8) is 0 Å². The fourth-order valence-electron chi connectivity index (χ4n) is 1.42. The molecule has 1 rings (SSSR count). The molecule has 0 spiro atoms. The fraction of sp³-hybridized carbons (Fsp3) is 0.417. The zero-order chi connectivity index (χ0) is 12.7. The lowest BCUT2D eigenvalue weighted by Gasteiger charge is -2.11. The van der Waals surface area contributed by atoms with Gasteiger partial charge in [0.05, 0.1) is 5.69 Å². The predicted molar refractivity (Wildman–Crippen MR) is 62.5 cm³/mol. The largest absolute Gasteiger partial charge is 0.481 e. The minimum atomic E-state index is -1.03. The quantitative estimate of drug-likeness (QED) is 0.777. The third-order valence-electron chi connectivity index (χ3n) is 2.30. The number of aromatic nitrogens is 1. The van der Waals surface area contributed by atoms with Crippen molar-refractivity contribution in [2.45, 2.75) is 25.7 Å². The molecule has 0 aliphatic rings. The molecule has 1 atom stereocenters.